The largest absolute Gasteiger partial charge is 0.504 e. The number of allylic oxidation sites excluding steroid dienone is 2. The molecule has 0 fully saturated rings. The van der Waals surface area contributed by atoms with Crippen LogP contribution in [-0.4, -0.2) is 10.9 Å². The van der Waals surface area contributed by atoms with Gasteiger partial charge < -0.3 is 5.11 Å². The molecule has 0 aliphatic rings. The number of ketones is 1. The summed E-state index contributed by atoms with van der Waals surface area (Å²) >= 11 is 0. The first kappa shape index (κ1) is 7.95. The summed E-state index contributed by atoms with van der Waals surface area (Å²) in [6.07, 6.45) is 3.19. The van der Waals surface area contributed by atoms with Crippen LogP contribution in [0.15, 0.2) is 24.5 Å². The van der Waals surface area contributed by atoms with Crippen LogP contribution in [0.2, 0.25) is 0 Å². The van der Waals surface area contributed by atoms with Crippen molar-refractivity contribution in [3.05, 3.63) is 24.5 Å². The van der Waals surface area contributed by atoms with Crippen LogP contribution in [-0.2, 0) is 4.79 Å². The summed E-state index contributed by atoms with van der Waals surface area (Å²) in [6, 6.07) is 0. The van der Waals surface area contributed by atoms with Gasteiger partial charge >= 0.3 is 0 Å². The normalized spacial score (nSPS) is 11.0. The highest BCUT2D eigenvalue weighted by molar-refractivity contribution is 6.01. The Hall–Kier alpha value is -1.05. The van der Waals surface area contributed by atoms with Gasteiger partial charge in [-0.2, -0.15) is 0 Å². The van der Waals surface area contributed by atoms with Crippen molar-refractivity contribution in [2.24, 2.45) is 0 Å². The Bertz CT molecular complexity index is 145. The molecule has 1 N–H and O–H groups in total. The highest BCUT2D eigenvalue weighted by atomic mass is 16.3. The van der Waals surface area contributed by atoms with Crippen LogP contribution in [0, 0.1) is 0 Å². The molecule has 2 nitrogen and oxygen atoms in total. The monoisotopic (exact) mass is 126 g/mol. The maximum absolute atomic E-state index is 10.5. The van der Waals surface area contributed by atoms with Crippen molar-refractivity contribution in [3.63, 3.8) is 0 Å². The third kappa shape index (κ3) is 2.69. The molecule has 0 aromatic rings. The molecule has 0 saturated heterocycles. The third-order valence-electron chi connectivity index (χ3n) is 0.835. The fourth-order valence-corrected chi connectivity index (χ4v) is 0.399. The van der Waals surface area contributed by atoms with Crippen molar-refractivity contribution in [3.8, 4) is 0 Å². The van der Waals surface area contributed by atoms with Crippen LogP contribution in [0.3, 0.4) is 0 Å². The lowest BCUT2D eigenvalue weighted by Crippen LogP contribution is -1.95. The molecule has 0 bridgehead atoms. The summed E-state index contributed by atoms with van der Waals surface area (Å²) in [5.41, 5.74) is 0. The first-order chi connectivity index (χ1) is 4.22. The number of carbonyl (C=O) groups is 1. The lowest BCUT2D eigenvalue weighted by molar-refractivity contribution is -0.113. The molecule has 0 rings (SSSR count). The van der Waals surface area contributed by atoms with Gasteiger partial charge in [0.05, 0.1) is 0 Å². The lowest BCUT2D eigenvalue weighted by atomic mass is 10.3. The van der Waals surface area contributed by atoms with Crippen molar-refractivity contribution in [2.45, 2.75) is 13.3 Å². The van der Waals surface area contributed by atoms with E-state index in [0.717, 1.165) is 6.08 Å². The van der Waals surface area contributed by atoms with Crippen LogP contribution >= 0.6 is 0 Å². The average Bonchev–Trinajstić information content (AvgIpc) is 1.87. The van der Waals surface area contributed by atoms with Crippen molar-refractivity contribution >= 4 is 5.78 Å². The molecule has 0 spiro atoms. The van der Waals surface area contributed by atoms with Crippen molar-refractivity contribution in [1.29, 1.82) is 0 Å². The SMILES string of the molecule is C=CC(=O)C(O)=CCC. The van der Waals surface area contributed by atoms with Gasteiger partial charge in [0, 0.05) is 0 Å². The Morgan fingerprint density at radius 2 is 2.33 bits per heavy atom. The molecule has 0 atom stereocenters. The second-order valence-corrected chi connectivity index (χ2v) is 1.57. The van der Waals surface area contributed by atoms with E-state index in [4.69, 9.17) is 5.11 Å². The number of rotatable bonds is 3. The second kappa shape index (κ2) is 3.89. The lowest BCUT2D eigenvalue weighted by Gasteiger charge is -1.89. The van der Waals surface area contributed by atoms with Gasteiger partial charge in [-0.3, -0.25) is 4.79 Å². The maximum atomic E-state index is 10.5. The number of carbonyl (C=O) groups excluding carboxylic acids is 1. The van der Waals surface area contributed by atoms with Gasteiger partial charge in [-0.05, 0) is 18.6 Å². The minimum Gasteiger partial charge on any atom is -0.504 e. The number of hydrogen-bond acceptors (Lipinski definition) is 2. The van der Waals surface area contributed by atoms with Crippen LogP contribution in [0.4, 0.5) is 0 Å². The van der Waals surface area contributed by atoms with E-state index < -0.39 is 5.78 Å². The molecule has 0 radical (unpaired) electrons. The Labute approximate surface area is 54.5 Å². The first-order valence-electron chi connectivity index (χ1n) is 2.78. The van der Waals surface area contributed by atoms with E-state index in [9.17, 15) is 4.79 Å². The molecule has 0 heterocycles. The van der Waals surface area contributed by atoms with E-state index in [1.54, 1.807) is 0 Å². The molecule has 2 heteroatoms. The third-order valence-corrected chi connectivity index (χ3v) is 0.835. The summed E-state index contributed by atoms with van der Waals surface area (Å²) in [5.74, 6) is -0.635. The zero-order chi connectivity index (χ0) is 7.28. The van der Waals surface area contributed by atoms with E-state index in [1.807, 2.05) is 6.92 Å². The summed E-state index contributed by atoms with van der Waals surface area (Å²) in [7, 11) is 0. The van der Waals surface area contributed by atoms with Crippen molar-refractivity contribution in [1.82, 2.24) is 0 Å². The average molecular weight is 126 g/mol. The molecular weight excluding hydrogens is 116 g/mol. The second-order valence-electron chi connectivity index (χ2n) is 1.57. The zero-order valence-corrected chi connectivity index (χ0v) is 5.42. The molecule has 0 aliphatic heterocycles. The highest BCUT2D eigenvalue weighted by Gasteiger charge is 1.98. The Morgan fingerprint density at radius 1 is 1.78 bits per heavy atom. The quantitative estimate of drug-likeness (QED) is 0.460. The van der Waals surface area contributed by atoms with Gasteiger partial charge in [-0.1, -0.05) is 13.5 Å². The van der Waals surface area contributed by atoms with Crippen LogP contribution in [0.5, 0.6) is 0 Å². The number of aliphatic hydroxyl groups is 1. The molecule has 0 amide bonds. The Kier molecular flexibility index (Phi) is 3.44. The van der Waals surface area contributed by atoms with Crippen LogP contribution in [0.25, 0.3) is 0 Å². The molecule has 0 saturated carbocycles. The minimum atomic E-state index is -0.420. The standard InChI is InChI=1S/C7H10O2/c1-3-5-7(9)6(8)4-2/h4-5,9H,2-3H2,1H3. The fourth-order valence-electron chi connectivity index (χ4n) is 0.399. The van der Waals surface area contributed by atoms with Gasteiger partial charge in [0.2, 0.25) is 5.78 Å². The Balaban J connectivity index is 4.01. The van der Waals surface area contributed by atoms with Crippen molar-refractivity contribution in [2.75, 3.05) is 0 Å². The van der Waals surface area contributed by atoms with Crippen LogP contribution in [0.1, 0.15) is 13.3 Å². The van der Waals surface area contributed by atoms with Crippen LogP contribution < -0.4 is 0 Å². The first-order valence-corrected chi connectivity index (χ1v) is 2.78. The van der Waals surface area contributed by atoms with Gasteiger partial charge in [-0.25, -0.2) is 0 Å². The fraction of sp³-hybridized carbons (Fsp3) is 0.286. The molecule has 0 aromatic heterocycles. The van der Waals surface area contributed by atoms with Gasteiger partial charge in [0.1, 0.15) is 0 Å². The summed E-state index contributed by atoms with van der Waals surface area (Å²) in [6.45, 7) is 5.05. The molecule has 50 valence electrons. The van der Waals surface area contributed by atoms with Gasteiger partial charge in [0.15, 0.2) is 5.76 Å². The van der Waals surface area contributed by atoms with E-state index >= 15 is 0 Å². The van der Waals surface area contributed by atoms with E-state index in [-0.39, 0.29) is 5.76 Å². The predicted octanol–water partition coefficient (Wildman–Crippen LogP) is 1.59. The zero-order valence-electron chi connectivity index (χ0n) is 5.42. The highest BCUT2D eigenvalue weighted by Crippen LogP contribution is 1.92. The molecule has 9 heavy (non-hydrogen) atoms. The molecule has 0 unspecified atom stereocenters. The predicted molar refractivity (Wildman–Crippen MR) is 36.2 cm³/mol. The summed E-state index contributed by atoms with van der Waals surface area (Å²) < 4.78 is 0. The molecule has 0 aromatic carbocycles. The van der Waals surface area contributed by atoms with E-state index in [1.165, 1.54) is 6.08 Å². The molecule has 0 aliphatic carbocycles. The summed E-state index contributed by atoms with van der Waals surface area (Å²) in [4.78, 5) is 10.5. The molecular formula is C7H10O2. The van der Waals surface area contributed by atoms with Gasteiger partial charge in [0.25, 0.3) is 0 Å². The number of hydrogen-bond donors (Lipinski definition) is 1. The summed E-state index contributed by atoms with van der Waals surface area (Å²) in [5, 5.41) is 8.76. The maximum Gasteiger partial charge on any atom is 0.219 e. The van der Waals surface area contributed by atoms with Gasteiger partial charge in [-0.15, -0.1) is 0 Å². The van der Waals surface area contributed by atoms with Crippen molar-refractivity contribution < 1.29 is 9.90 Å². The topological polar surface area (TPSA) is 37.3 Å². The number of aliphatic hydroxyl groups excluding tert-OH is 1. The minimum absolute atomic E-state index is 0.215. The smallest absolute Gasteiger partial charge is 0.219 e. The van der Waals surface area contributed by atoms with E-state index in [0.29, 0.717) is 6.42 Å². The van der Waals surface area contributed by atoms with E-state index in [2.05, 4.69) is 6.58 Å². The Morgan fingerprint density at radius 3 is 2.67 bits per heavy atom.